The van der Waals surface area contributed by atoms with E-state index in [9.17, 15) is 22.4 Å². The van der Waals surface area contributed by atoms with Gasteiger partial charge in [-0.15, -0.1) is 0 Å². The van der Waals surface area contributed by atoms with Crippen LogP contribution < -0.4 is 5.32 Å². The van der Waals surface area contributed by atoms with Crippen molar-refractivity contribution in [1.29, 1.82) is 0 Å². The van der Waals surface area contributed by atoms with Gasteiger partial charge < -0.3 is 9.64 Å². The molecule has 0 spiro atoms. The van der Waals surface area contributed by atoms with E-state index in [2.05, 4.69) is 10.2 Å². The summed E-state index contributed by atoms with van der Waals surface area (Å²) < 4.78 is 58.3. The number of rotatable bonds is 4. The zero-order valence-corrected chi connectivity index (χ0v) is 16.3. The van der Waals surface area contributed by atoms with E-state index >= 15 is 0 Å². The lowest BCUT2D eigenvalue weighted by atomic mass is 10.0. The molecule has 1 atom stereocenters. The third-order valence-corrected chi connectivity index (χ3v) is 5.05. The highest BCUT2D eigenvalue weighted by Gasteiger charge is 2.31. The standard InChI is InChI=1S/C20H19ClF4N2O2/c1-27-6-2-3-16(27)11-29-19(28)26-18-5-4-15(22)10-17(18)12-7-13(20(23,24)25)9-14(21)8-12/h4-5,7-10,16H,2-3,6,11H2,1H3,(H,26,28)/t16-/m0/s1. The fourth-order valence-electron chi connectivity index (χ4n) is 3.28. The molecule has 3 rings (SSSR count). The predicted octanol–water partition coefficient (Wildman–Crippen LogP) is 5.81. The summed E-state index contributed by atoms with van der Waals surface area (Å²) in [4.78, 5) is 14.3. The maximum Gasteiger partial charge on any atom is 0.416 e. The molecular formula is C20H19ClF4N2O2. The smallest absolute Gasteiger partial charge is 0.416 e. The normalized spacial score (nSPS) is 17.4. The zero-order chi connectivity index (χ0) is 21.2. The van der Waals surface area contributed by atoms with Crippen LogP contribution in [0.1, 0.15) is 18.4 Å². The number of hydrogen-bond donors (Lipinski definition) is 1. The molecule has 1 saturated heterocycles. The summed E-state index contributed by atoms with van der Waals surface area (Å²) in [6.07, 6.45) is -3.46. The number of carbonyl (C=O) groups is 1. The van der Waals surface area contributed by atoms with Crippen LogP contribution in [0.3, 0.4) is 0 Å². The van der Waals surface area contributed by atoms with Crippen LogP contribution in [0.25, 0.3) is 11.1 Å². The number of alkyl halides is 3. The molecule has 4 nitrogen and oxygen atoms in total. The van der Waals surface area contributed by atoms with Crippen LogP contribution in [0.5, 0.6) is 0 Å². The van der Waals surface area contributed by atoms with Gasteiger partial charge in [-0.3, -0.25) is 5.32 Å². The lowest BCUT2D eigenvalue weighted by molar-refractivity contribution is -0.137. The van der Waals surface area contributed by atoms with Gasteiger partial charge in [0.25, 0.3) is 0 Å². The van der Waals surface area contributed by atoms with Gasteiger partial charge in [-0.25, -0.2) is 9.18 Å². The number of nitrogens with one attached hydrogen (secondary N) is 1. The molecule has 9 heteroatoms. The highest BCUT2D eigenvalue weighted by Crippen LogP contribution is 2.37. The van der Waals surface area contributed by atoms with Crippen LogP contribution in [0.4, 0.5) is 28.0 Å². The molecule has 1 aliphatic heterocycles. The van der Waals surface area contributed by atoms with Crippen molar-refractivity contribution in [3.63, 3.8) is 0 Å². The van der Waals surface area contributed by atoms with Crippen molar-refractivity contribution < 1.29 is 27.1 Å². The third-order valence-electron chi connectivity index (χ3n) is 4.83. The zero-order valence-electron chi connectivity index (χ0n) is 15.5. The van der Waals surface area contributed by atoms with Crippen LogP contribution >= 0.6 is 11.6 Å². The van der Waals surface area contributed by atoms with Gasteiger partial charge >= 0.3 is 12.3 Å². The van der Waals surface area contributed by atoms with E-state index in [0.717, 1.165) is 43.7 Å². The van der Waals surface area contributed by atoms with Gasteiger partial charge in [0.2, 0.25) is 0 Å². The Balaban J connectivity index is 1.83. The first kappa shape index (κ1) is 21.4. The first-order chi connectivity index (χ1) is 13.6. The van der Waals surface area contributed by atoms with Crippen molar-refractivity contribution in [1.82, 2.24) is 4.90 Å². The van der Waals surface area contributed by atoms with Crippen molar-refractivity contribution in [3.8, 4) is 11.1 Å². The molecule has 1 N–H and O–H groups in total. The van der Waals surface area contributed by atoms with Gasteiger partial charge in [-0.2, -0.15) is 13.2 Å². The molecule has 0 saturated carbocycles. The summed E-state index contributed by atoms with van der Waals surface area (Å²) in [5.41, 5.74) is -0.767. The molecule has 1 aliphatic rings. The van der Waals surface area contributed by atoms with Crippen LogP contribution in [0.15, 0.2) is 36.4 Å². The molecule has 2 aromatic carbocycles. The van der Waals surface area contributed by atoms with Crippen molar-refractivity contribution in [2.75, 3.05) is 25.5 Å². The third kappa shape index (κ3) is 5.39. The monoisotopic (exact) mass is 430 g/mol. The summed E-state index contributed by atoms with van der Waals surface area (Å²) in [7, 11) is 1.94. The van der Waals surface area contributed by atoms with Crippen LogP contribution in [-0.2, 0) is 10.9 Å². The van der Waals surface area contributed by atoms with E-state index in [-0.39, 0.29) is 34.5 Å². The Morgan fingerprint density at radius 3 is 2.69 bits per heavy atom. The number of hydrogen-bond acceptors (Lipinski definition) is 3. The second-order valence-corrected chi connectivity index (χ2v) is 7.35. The van der Waals surface area contributed by atoms with Crippen LogP contribution in [-0.4, -0.2) is 37.2 Å². The quantitative estimate of drug-likeness (QED) is 0.622. The lowest BCUT2D eigenvalue weighted by Crippen LogP contribution is -2.31. The minimum absolute atomic E-state index is 0.0233. The number of likely N-dealkylation sites (tertiary alicyclic amines) is 1. The predicted molar refractivity (Wildman–Crippen MR) is 102 cm³/mol. The summed E-state index contributed by atoms with van der Waals surface area (Å²) in [5.74, 6) is -0.667. The minimum atomic E-state index is -4.62. The Hall–Kier alpha value is -2.32. The second-order valence-electron chi connectivity index (χ2n) is 6.92. The van der Waals surface area contributed by atoms with Crippen LogP contribution in [0.2, 0.25) is 5.02 Å². The summed E-state index contributed by atoms with van der Waals surface area (Å²) in [6, 6.07) is 6.42. The van der Waals surface area contributed by atoms with Gasteiger partial charge in [0.1, 0.15) is 12.4 Å². The van der Waals surface area contributed by atoms with Crippen LogP contribution in [0, 0.1) is 5.82 Å². The number of carbonyl (C=O) groups excluding carboxylic acids is 1. The van der Waals surface area contributed by atoms with Crippen molar-refractivity contribution in [3.05, 3.63) is 52.8 Å². The average molecular weight is 431 g/mol. The summed E-state index contributed by atoms with van der Waals surface area (Å²) >= 11 is 5.83. The molecule has 156 valence electrons. The van der Waals surface area contributed by atoms with Crippen molar-refractivity contribution >= 4 is 23.4 Å². The summed E-state index contributed by atoms with van der Waals surface area (Å²) in [6.45, 7) is 1.11. The topological polar surface area (TPSA) is 41.6 Å². The molecule has 1 heterocycles. The SMILES string of the molecule is CN1CCC[C@H]1COC(=O)Nc1ccc(F)cc1-c1cc(Cl)cc(C(F)(F)F)c1. The number of likely N-dealkylation sites (N-methyl/N-ethyl adjacent to an activating group) is 1. The second kappa shape index (κ2) is 8.59. The van der Waals surface area contributed by atoms with Gasteiger partial charge in [0.15, 0.2) is 0 Å². The molecule has 0 radical (unpaired) electrons. The number of benzene rings is 2. The maximum absolute atomic E-state index is 13.8. The van der Waals surface area contributed by atoms with Crippen molar-refractivity contribution in [2.24, 2.45) is 0 Å². The number of halogens is 5. The van der Waals surface area contributed by atoms with E-state index in [0.29, 0.717) is 0 Å². The largest absolute Gasteiger partial charge is 0.448 e. The van der Waals surface area contributed by atoms with E-state index in [4.69, 9.17) is 16.3 Å². The molecule has 0 aromatic heterocycles. The van der Waals surface area contributed by atoms with Gasteiger partial charge in [0, 0.05) is 16.6 Å². The molecule has 2 aromatic rings. The number of amides is 1. The maximum atomic E-state index is 13.8. The molecule has 1 amide bonds. The first-order valence-electron chi connectivity index (χ1n) is 8.95. The Bertz CT molecular complexity index is 905. The average Bonchev–Trinajstić information content (AvgIpc) is 3.05. The van der Waals surface area contributed by atoms with Gasteiger partial charge in [0.05, 0.1) is 11.3 Å². The fourth-order valence-corrected chi connectivity index (χ4v) is 3.52. The Morgan fingerprint density at radius 1 is 1.28 bits per heavy atom. The molecule has 0 aliphatic carbocycles. The lowest BCUT2D eigenvalue weighted by Gasteiger charge is -2.19. The highest BCUT2D eigenvalue weighted by atomic mass is 35.5. The molecule has 29 heavy (non-hydrogen) atoms. The van der Waals surface area contributed by atoms with Gasteiger partial charge in [-0.05, 0) is 68.4 Å². The Labute approximate surface area is 170 Å². The van der Waals surface area contributed by atoms with Crippen molar-refractivity contribution in [2.45, 2.75) is 25.1 Å². The van der Waals surface area contributed by atoms with E-state index in [1.165, 1.54) is 12.1 Å². The number of ether oxygens (including phenoxy) is 1. The highest BCUT2D eigenvalue weighted by molar-refractivity contribution is 6.31. The Morgan fingerprint density at radius 2 is 2.03 bits per heavy atom. The first-order valence-corrected chi connectivity index (χ1v) is 9.33. The fraction of sp³-hybridized carbons (Fsp3) is 0.350. The van der Waals surface area contributed by atoms with Gasteiger partial charge in [-0.1, -0.05) is 11.6 Å². The molecule has 0 bridgehead atoms. The molecule has 0 unspecified atom stereocenters. The Kier molecular flexibility index (Phi) is 6.33. The van der Waals surface area contributed by atoms with E-state index in [1.807, 2.05) is 7.05 Å². The van der Waals surface area contributed by atoms with E-state index < -0.39 is 23.7 Å². The summed E-state index contributed by atoms with van der Waals surface area (Å²) in [5, 5.41) is 2.33. The molecular weight excluding hydrogens is 412 g/mol. The number of anilines is 1. The number of nitrogens with zero attached hydrogens (tertiary/aromatic N) is 1. The van der Waals surface area contributed by atoms with E-state index in [1.54, 1.807) is 0 Å². The molecule has 1 fully saturated rings. The minimum Gasteiger partial charge on any atom is -0.448 e.